The molecule has 0 aromatic heterocycles. The summed E-state index contributed by atoms with van der Waals surface area (Å²) in [5, 5.41) is 4.08. The number of benzene rings is 1. The second-order valence-corrected chi connectivity index (χ2v) is 5.45. The molecular formula is C15H18N2O3. The zero-order valence-corrected chi connectivity index (χ0v) is 11.9. The molecule has 0 spiro atoms. The summed E-state index contributed by atoms with van der Waals surface area (Å²) < 4.78 is 5.55. The summed E-state index contributed by atoms with van der Waals surface area (Å²) >= 11 is 0. The van der Waals surface area contributed by atoms with Gasteiger partial charge in [-0.25, -0.2) is 0 Å². The van der Waals surface area contributed by atoms with Crippen LogP contribution in [0, 0.1) is 0 Å². The van der Waals surface area contributed by atoms with Gasteiger partial charge in [0.15, 0.2) is 11.6 Å². The molecule has 5 nitrogen and oxygen atoms in total. The van der Waals surface area contributed by atoms with Crippen molar-refractivity contribution in [1.29, 1.82) is 0 Å². The van der Waals surface area contributed by atoms with Crippen LogP contribution < -0.4 is 5.43 Å². The maximum absolute atomic E-state index is 11.9. The van der Waals surface area contributed by atoms with Crippen LogP contribution in [-0.2, 0) is 9.53 Å². The van der Waals surface area contributed by atoms with Gasteiger partial charge >= 0.3 is 0 Å². The molecule has 1 saturated heterocycles. The van der Waals surface area contributed by atoms with Crippen molar-refractivity contribution >= 4 is 23.0 Å². The van der Waals surface area contributed by atoms with E-state index in [1.54, 1.807) is 24.3 Å². The highest BCUT2D eigenvalue weighted by Gasteiger charge is 2.31. The Morgan fingerprint density at radius 1 is 1.30 bits per heavy atom. The number of carbonyl (C=O) groups excluding carboxylic acids is 2. The van der Waals surface area contributed by atoms with Crippen molar-refractivity contribution in [2.45, 2.75) is 32.8 Å². The molecule has 0 unspecified atom stereocenters. The van der Waals surface area contributed by atoms with E-state index < -0.39 is 5.60 Å². The number of ether oxygens (including phenoxy) is 1. The Morgan fingerprint density at radius 2 is 1.95 bits per heavy atom. The normalized spacial score (nSPS) is 19.9. The van der Waals surface area contributed by atoms with Gasteiger partial charge in [-0.15, -0.1) is 0 Å². The van der Waals surface area contributed by atoms with Gasteiger partial charge in [-0.2, -0.15) is 5.10 Å². The molecule has 2 rings (SSSR count). The molecule has 20 heavy (non-hydrogen) atoms. The van der Waals surface area contributed by atoms with Crippen LogP contribution in [0.15, 0.2) is 29.4 Å². The van der Waals surface area contributed by atoms with Crippen LogP contribution in [0.25, 0.3) is 0 Å². The molecule has 1 heterocycles. The number of hydrazone groups is 1. The van der Waals surface area contributed by atoms with Crippen molar-refractivity contribution < 1.29 is 14.3 Å². The molecule has 1 aliphatic rings. The largest absolute Gasteiger partial charge is 0.369 e. The minimum absolute atomic E-state index is 0.00546. The van der Waals surface area contributed by atoms with Crippen molar-refractivity contribution in [3.8, 4) is 0 Å². The fourth-order valence-electron chi connectivity index (χ4n) is 1.89. The van der Waals surface area contributed by atoms with E-state index in [-0.39, 0.29) is 18.2 Å². The SMILES string of the molecule is CC(=O)c1ccc(NN=C2COC(C)(C)CC2=O)cc1. The van der Waals surface area contributed by atoms with E-state index in [9.17, 15) is 9.59 Å². The topological polar surface area (TPSA) is 67.8 Å². The Balaban J connectivity index is 2.02. The molecule has 5 heteroatoms. The molecule has 0 bridgehead atoms. The number of hydrogen-bond donors (Lipinski definition) is 1. The summed E-state index contributed by atoms with van der Waals surface area (Å²) in [6.45, 7) is 5.50. The van der Waals surface area contributed by atoms with E-state index in [4.69, 9.17) is 4.74 Å². The van der Waals surface area contributed by atoms with Gasteiger partial charge in [0.1, 0.15) is 5.71 Å². The van der Waals surface area contributed by atoms with Gasteiger partial charge in [0.05, 0.1) is 17.9 Å². The van der Waals surface area contributed by atoms with Crippen LogP contribution in [-0.4, -0.2) is 29.5 Å². The number of nitrogens with zero attached hydrogens (tertiary/aromatic N) is 1. The highest BCUT2D eigenvalue weighted by atomic mass is 16.5. The number of rotatable bonds is 3. The quantitative estimate of drug-likeness (QED) is 0.679. The van der Waals surface area contributed by atoms with Gasteiger partial charge < -0.3 is 4.74 Å². The number of nitrogens with one attached hydrogen (secondary N) is 1. The fourth-order valence-corrected chi connectivity index (χ4v) is 1.89. The second kappa shape index (κ2) is 5.54. The molecule has 1 aromatic rings. The summed E-state index contributed by atoms with van der Waals surface area (Å²) in [4.78, 5) is 23.0. The summed E-state index contributed by atoms with van der Waals surface area (Å²) in [6.07, 6.45) is 0.330. The number of anilines is 1. The predicted molar refractivity (Wildman–Crippen MR) is 77.2 cm³/mol. The van der Waals surface area contributed by atoms with E-state index in [2.05, 4.69) is 10.5 Å². The molecule has 0 radical (unpaired) electrons. The molecule has 0 aliphatic carbocycles. The Kier molecular flexibility index (Phi) is 3.99. The lowest BCUT2D eigenvalue weighted by Crippen LogP contribution is -2.40. The molecule has 106 valence electrons. The van der Waals surface area contributed by atoms with Gasteiger partial charge in [-0.3, -0.25) is 15.0 Å². The smallest absolute Gasteiger partial charge is 0.184 e. The Bertz CT molecular complexity index is 559. The van der Waals surface area contributed by atoms with Crippen molar-refractivity contribution in [3.63, 3.8) is 0 Å². The molecule has 1 fully saturated rings. The van der Waals surface area contributed by atoms with E-state index in [1.165, 1.54) is 6.92 Å². The van der Waals surface area contributed by atoms with Crippen LogP contribution in [0.5, 0.6) is 0 Å². The van der Waals surface area contributed by atoms with Crippen LogP contribution in [0.4, 0.5) is 5.69 Å². The van der Waals surface area contributed by atoms with Crippen molar-refractivity contribution in [1.82, 2.24) is 0 Å². The summed E-state index contributed by atoms with van der Waals surface area (Å²) in [5.41, 5.74) is 4.15. The van der Waals surface area contributed by atoms with Gasteiger partial charge in [0, 0.05) is 12.0 Å². The predicted octanol–water partition coefficient (Wildman–Crippen LogP) is 2.43. The number of ketones is 2. The van der Waals surface area contributed by atoms with Gasteiger partial charge in [0.2, 0.25) is 0 Å². The Labute approximate surface area is 118 Å². The van der Waals surface area contributed by atoms with Crippen LogP contribution >= 0.6 is 0 Å². The first-order valence-electron chi connectivity index (χ1n) is 6.48. The van der Waals surface area contributed by atoms with E-state index in [0.717, 1.165) is 5.69 Å². The molecular weight excluding hydrogens is 256 g/mol. The highest BCUT2D eigenvalue weighted by molar-refractivity contribution is 6.41. The standard InChI is InChI=1S/C15H18N2O3/c1-10(18)11-4-6-12(7-5-11)16-17-13-9-20-15(2,3)8-14(13)19/h4-7,16H,8-9H2,1-3H3. The lowest BCUT2D eigenvalue weighted by Gasteiger charge is -2.29. The number of hydrogen-bond acceptors (Lipinski definition) is 5. The number of Topliss-reactive ketones (excluding diaryl/α,β-unsaturated/α-hetero) is 2. The third-order valence-electron chi connectivity index (χ3n) is 3.12. The molecule has 1 aliphatic heterocycles. The van der Waals surface area contributed by atoms with Gasteiger partial charge in [-0.1, -0.05) is 0 Å². The van der Waals surface area contributed by atoms with Crippen LogP contribution in [0.3, 0.4) is 0 Å². The second-order valence-electron chi connectivity index (χ2n) is 5.45. The average molecular weight is 274 g/mol. The van der Waals surface area contributed by atoms with Crippen LogP contribution in [0.2, 0.25) is 0 Å². The first kappa shape index (κ1) is 14.4. The van der Waals surface area contributed by atoms with Crippen molar-refractivity contribution in [2.75, 3.05) is 12.0 Å². The maximum atomic E-state index is 11.9. The fraction of sp³-hybridized carbons (Fsp3) is 0.400. The zero-order chi connectivity index (χ0) is 14.8. The Hall–Kier alpha value is -2.01. The summed E-state index contributed by atoms with van der Waals surface area (Å²) in [5.74, 6) is 0.00931. The minimum Gasteiger partial charge on any atom is -0.369 e. The summed E-state index contributed by atoms with van der Waals surface area (Å²) in [6, 6.07) is 6.93. The Morgan fingerprint density at radius 3 is 2.50 bits per heavy atom. The molecule has 1 aromatic carbocycles. The van der Waals surface area contributed by atoms with Gasteiger partial charge in [-0.05, 0) is 45.0 Å². The molecule has 0 amide bonds. The van der Waals surface area contributed by atoms with E-state index >= 15 is 0 Å². The first-order chi connectivity index (χ1) is 9.37. The molecule has 0 saturated carbocycles. The minimum atomic E-state index is -0.417. The maximum Gasteiger partial charge on any atom is 0.184 e. The highest BCUT2D eigenvalue weighted by Crippen LogP contribution is 2.20. The average Bonchev–Trinajstić information content (AvgIpc) is 2.37. The molecule has 1 N–H and O–H groups in total. The third kappa shape index (κ3) is 3.51. The molecule has 0 atom stereocenters. The third-order valence-corrected chi connectivity index (χ3v) is 3.12. The van der Waals surface area contributed by atoms with Crippen molar-refractivity contribution in [2.24, 2.45) is 5.10 Å². The zero-order valence-electron chi connectivity index (χ0n) is 11.9. The monoisotopic (exact) mass is 274 g/mol. The van der Waals surface area contributed by atoms with Gasteiger partial charge in [0.25, 0.3) is 0 Å². The van der Waals surface area contributed by atoms with Crippen LogP contribution in [0.1, 0.15) is 37.6 Å². The lowest BCUT2D eigenvalue weighted by atomic mass is 9.96. The number of carbonyl (C=O) groups is 2. The van der Waals surface area contributed by atoms with E-state index in [0.29, 0.717) is 17.7 Å². The lowest BCUT2D eigenvalue weighted by molar-refractivity contribution is -0.122. The first-order valence-corrected chi connectivity index (χ1v) is 6.48. The summed E-state index contributed by atoms with van der Waals surface area (Å²) in [7, 11) is 0. The van der Waals surface area contributed by atoms with Crippen molar-refractivity contribution in [3.05, 3.63) is 29.8 Å². The van der Waals surface area contributed by atoms with E-state index in [1.807, 2.05) is 13.8 Å².